The van der Waals surface area contributed by atoms with Crippen LogP contribution in [0.25, 0.3) is 0 Å². The van der Waals surface area contributed by atoms with Gasteiger partial charge in [-0.15, -0.1) is 11.3 Å². The molecule has 1 aromatic carbocycles. The van der Waals surface area contributed by atoms with Crippen molar-refractivity contribution >= 4 is 17.2 Å². The number of rotatable bonds is 8. The zero-order valence-electron chi connectivity index (χ0n) is 18.0. The third-order valence-electron chi connectivity index (χ3n) is 5.61. The van der Waals surface area contributed by atoms with Gasteiger partial charge in [0.1, 0.15) is 5.82 Å². The highest BCUT2D eigenvalue weighted by molar-refractivity contribution is 7.12. The average Bonchev–Trinajstić information content (AvgIpc) is 3.49. The fourth-order valence-electron chi connectivity index (χ4n) is 3.82. The number of carbonyl (C=O) groups excluding carboxylic acids is 1. The predicted molar refractivity (Wildman–Crippen MR) is 119 cm³/mol. The number of carbonyl (C=O) groups is 1. The minimum atomic E-state index is -4.43. The molecule has 176 valence electrons. The molecule has 10 heteroatoms. The third kappa shape index (κ3) is 6.01. The van der Waals surface area contributed by atoms with Crippen LogP contribution in [0.1, 0.15) is 26.6 Å². The molecule has 3 aromatic rings. The SMILES string of the molecule is O=C(c1cccs1)N(CCN1CCOCC1)Cc1nccn1Cc1ccccc1C(F)(F)F. The predicted octanol–water partition coefficient (Wildman–Crippen LogP) is 3.99. The van der Waals surface area contributed by atoms with Crippen LogP contribution in [0.2, 0.25) is 0 Å². The van der Waals surface area contributed by atoms with E-state index in [9.17, 15) is 18.0 Å². The Labute approximate surface area is 194 Å². The number of thiophene rings is 1. The van der Waals surface area contributed by atoms with Gasteiger partial charge in [-0.1, -0.05) is 24.3 Å². The van der Waals surface area contributed by atoms with Gasteiger partial charge in [0.25, 0.3) is 5.91 Å². The van der Waals surface area contributed by atoms with Crippen molar-refractivity contribution in [3.8, 4) is 0 Å². The maximum atomic E-state index is 13.4. The molecule has 1 saturated heterocycles. The summed E-state index contributed by atoms with van der Waals surface area (Å²) in [6.45, 7) is 4.37. The lowest BCUT2D eigenvalue weighted by atomic mass is 10.1. The molecule has 0 aliphatic carbocycles. The first kappa shape index (κ1) is 23.5. The number of halogens is 3. The fourth-order valence-corrected chi connectivity index (χ4v) is 4.51. The van der Waals surface area contributed by atoms with E-state index < -0.39 is 11.7 Å². The number of benzene rings is 1. The molecule has 0 bridgehead atoms. The Hall–Kier alpha value is -2.69. The average molecular weight is 479 g/mol. The molecule has 1 amide bonds. The summed E-state index contributed by atoms with van der Waals surface area (Å²) < 4.78 is 47.4. The third-order valence-corrected chi connectivity index (χ3v) is 6.46. The lowest BCUT2D eigenvalue weighted by Gasteiger charge is -2.30. The second-order valence-corrected chi connectivity index (χ2v) is 8.73. The van der Waals surface area contributed by atoms with E-state index in [2.05, 4.69) is 9.88 Å². The van der Waals surface area contributed by atoms with Crippen molar-refractivity contribution in [3.05, 3.63) is 76.0 Å². The maximum Gasteiger partial charge on any atom is 0.416 e. The highest BCUT2D eigenvalue weighted by Crippen LogP contribution is 2.32. The first-order valence-electron chi connectivity index (χ1n) is 10.7. The number of imidazole rings is 1. The minimum absolute atomic E-state index is 0.0233. The van der Waals surface area contributed by atoms with Crippen molar-refractivity contribution in [2.24, 2.45) is 0 Å². The molecular formula is C23H25F3N4O2S. The molecule has 33 heavy (non-hydrogen) atoms. The summed E-state index contributed by atoms with van der Waals surface area (Å²) in [6.07, 6.45) is -1.23. The van der Waals surface area contributed by atoms with Crippen molar-refractivity contribution < 1.29 is 22.7 Å². The number of ether oxygens (including phenoxy) is 1. The topological polar surface area (TPSA) is 50.6 Å². The first-order chi connectivity index (χ1) is 15.9. The minimum Gasteiger partial charge on any atom is -0.379 e. The lowest BCUT2D eigenvalue weighted by molar-refractivity contribution is -0.138. The molecule has 0 unspecified atom stereocenters. The summed E-state index contributed by atoms with van der Waals surface area (Å²) in [6, 6.07) is 9.14. The number of alkyl halides is 3. The first-order valence-corrected chi connectivity index (χ1v) is 11.6. The molecule has 6 nitrogen and oxygen atoms in total. The molecule has 1 fully saturated rings. The Morgan fingerprint density at radius 3 is 2.67 bits per heavy atom. The largest absolute Gasteiger partial charge is 0.416 e. The number of aromatic nitrogens is 2. The van der Waals surface area contributed by atoms with Crippen LogP contribution in [0.15, 0.2) is 54.2 Å². The van der Waals surface area contributed by atoms with Gasteiger partial charge in [0.15, 0.2) is 0 Å². The van der Waals surface area contributed by atoms with E-state index in [1.165, 1.54) is 23.5 Å². The lowest BCUT2D eigenvalue weighted by Crippen LogP contribution is -2.43. The van der Waals surface area contributed by atoms with E-state index in [0.717, 1.165) is 19.2 Å². The van der Waals surface area contributed by atoms with Gasteiger partial charge in [0.05, 0.1) is 30.2 Å². The number of amides is 1. The van der Waals surface area contributed by atoms with Crippen LogP contribution in [0, 0.1) is 0 Å². The van der Waals surface area contributed by atoms with Crippen molar-refractivity contribution in [1.29, 1.82) is 0 Å². The summed E-state index contributed by atoms with van der Waals surface area (Å²) in [5, 5.41) is 1.85. The summed E-state index contributed by atoms with van der Waals surface area (Å²) in [4.78, 5) is 22.1. The second-order valence-electron chi connectivity index (χ2n) is 7.78. The fraction of sp³-hybridized carbons (Fsp3) is 0.391. The van der Waals surface area contributed by atoms with Crippen molar-refractivity contribution in [2.45, 2.75) is 19.3 Å². The molecule has 0 spiro atoms. The van der Waals surface area contributed by atoms with Crippen LogP contribution in [0.4, 0.5) is 13.2 Å². The van der Waals surface area contributed by atoms with Gasteiger partial charge in [0.2, 0.25) is 0 Å². The maximum absolute atomic E-state index is 13.4. The Morgan fingerprint density at radius 1 is 1.15 bits per heavy atom. The Morgan fingerprint density at radius 2 is 1.94 bits per heavy atom. The molecule has 0 N–H and O–H groups in total. The molecule has 1 aliphatic heterocycles. The van der Waals surface area contributed by atoms with Crippen molar-refractivity contribution in [2.75, 3.05) is 39.4 Å². The zero-order chi connectivity index (χ0) is 23.3. The van der Waals surface area contributed by atoms with Crippen LogP contribution in [0.5, 0.6) is 0 Å². The van der Waals surface area contributed by atoms with Gasteiger partial charge in [0, 0.05) is 45.1 Å². The standard InChI is InChI=1S/C23H25F3N4O2S/c24-23(25,26)19-5-2-1-4-18(19)16-29-8-7-27-21(29)17-30(22(31)20-6-3-15-33-20)10-9-28-11-13-32-14-12-28/h1-8,15H,9-14,16-17H2. The van der Waals surface area contributed by atoms with E-state index >= 15 is 0 Å². The molecule has 4 rings (SSSR count). The number of nitrogens with zero attached hydrogens (tertiary/aromatic N) is 4. The summed E-state index contributed by atoms with van der Waals surface area (Å²) in [5.41, 5.74) is -0.503. The Kier molecular flexibility index (Phi) is 7.46. The van der Waals surface area contributed by atoms with Crippen LogP contribution in [-0.4, -0.2) is 64.7 Å². The summed E-state index contributed by atoms with van der Waals surface area (Å²) >= 11 is 1.37. The normalized spacial score (nSPS) is 15.0. The molecule has 0 radical (unpaired) electrons. The molecule has 1 aliphatic rings. The number of hydrogen-bond donors (Lipinski definition) is 0. The van der Waals surface area contributed by atoms with Gasteiger partial charge in [-0.2, -0.15) is 13.2 Å². The van der Waals surface area contributed by atoms with Gasteiger partial charge >= 0.3 is 6.18 Å². The van der Waals surface area contributed by atoms with Gasteiger partial charge in [-0.3, -0.25) is 9.69 Å². The van der Waals surface area contributed by atoms with E-state index in [0.29, 0.717) is 37.0 Å². The van der Waals surface area contributed by atoms with Crippen molar-refractivity contribution in [1.82, 2.24) is 19.4 Å². The monoisotopic (exact) mass is 478 g/mol. The highest BCUT2D eigenvalue weighted by atomic mass is 32.1. The second kappa shape index (κ2) is 10.5. The Bertz CT molecular complexity index is 1050. The van der Waals surface area contributed by atoms with Crippen LogP contribution < -0.4 is 0 Å². The molecule has 0 saturated carbocycles. The molecule has 0 atom stereocenters. The summed E-state index contributed by atoms with van der Waals surface area (Å²) in [7, 11) is 0. The Balaban J connectivity index is 1.52. The molecule has 2 aromatic heterocycles. The zero-order valence-corrected chi connectivity index (χ0v) is 18.8. The van der Waals surface area contributed by atoms with E-state index in [1.807, 2.05) is 11.4 Å². The van der Waals surface area contributed by atoms with Gasteiger partial charge < -0.3 is 14.2 Å². The smallest absolute Gasteiger partial charge is 0.379 e. The van der Waals surface area contributed by atoms with Crippen LogP contribution in [0.3, 0.4) is 0 Å². The molecule has 3 heterocycles. The van der Waals surface area contributed by atoms with E-state index in [4.69, 9.17) is 4.74 Å². The van der Waals surface area contributed by atoms with Crippen LogP contribution in [-0.2, 0) is 24.0 Å². The van der Waals surface area contributed by atoms with Gasteiger partial charge in [-0.25, -0.2) is 4.98 Å². The summed E-state index contributed by atoms with van der Waals surface area (Å²) in [5.74, 6) is 0.433. The van der Waals surface area contributed by atoms with E-state index in [-0.39, 0.29) is 24.6 Å². The highest BCUT2D eigenvalue weighted by Gasteiger charge is 2.33. The van der Waals surface area contributed by atoms with Crippen molar-refractivity contribution in [3.63, 3.8) is 0 Å². The number of hydrogen-bond acceptors (Lipinski definition) is 5. The van der Waals surface area contributed by atoms with Gasteiger partial charge in [-0.05, 0) is 23.1 Å². The molecular weight excluding hydrogens is 453 g/mol. The quantitative estimate of drug-likeness (QED) is 0.492. The van der Waals surface area contributed by atoms with Crippen LogP contribution >= 0.6 is 11.3 Å². The van der Waals surface area contributed by atoms with E-state index in [1.54, 1.807) is 34.0 Å². The number of morpholine rings is 1.